The first-order valence-electron chi connectivity index (χ1n) is 12.2. The van der Waals surface area contributed by atoms with Crippen LogP contribution in [-0.2, 0) is 4.79 Å². The van der Waals surface area contributed by atoms with Gasteiger partial charge in [0.2, 0.25) is 0 Å². The fourth-order valence-electron chi connectivity index (χ4n) is 4.59. The number of hydrogen-bond donors (Lipinski definition) is 1. The summed E-state index contributed by atoms with van der Waals surface area (Å²) in [4.78, 5) is 13.8. The standard InChI is InChI=1S/C26H46NO2P/c1-8-12-16-30(17-13-9-2,18-14-10-3)24(15-11-4)26(28)27-25-21(5)19-23(29-7)20-22(25)6/h19-20,24H,8-18H2,1-7H3/p+1. The van der Waals surface area contributed by atoms with E-state index in [1.807, 2.05) is 12.1 Å². The van der Waals surface area contributed by atoms with E-state index in [-0.39, 0.29) is 11.6 Å². The zero-order chi connectivity index (χ0) is 22.6. The van der Waals surface area contributed by atoms with Crippen molar-refractivity contribution in [2.75, 3.05) is 30.9 Å². The van der Waals surface area contributed by atoms with Crippen molar-refractivity contribution in [3.8, 4) is 5.75 Å². The minimum atomic E-state index is -1.35. The van der Waals surface area contributed by atoms with Crippen LogP contribution in [0.15, 0.2) is 12.1 Å². The maximum absolute atomic E-state index is 13.8. The lowest BCUT2D eigenvalue weighted by molar-refractivity contribution is -0.116. The van der Waals surface area contributed by atoms with E-state index in [9.17, 15) is 4.79 Å². The monoisotopic (exact) mass is 436 g/mol. The molecule has 0 aliphatic heterocycles. The van der Waals surface area contributed by atoms with Crippen LogP contribution in [0.4, 0.5) is 5.69 Å². The Morgan fingerprint density at radius 2 is 1.37 bits per heavy atom. The predicted octanol–water partition coefficient (Wildman–Crippen LogP) is 7.84. The summed E-state index contributed by atoms with van der Waals surface area (Å²) in [5, 5.41) is 3.38. The van der Waals surface area contributed by atoms with Crippen molar-refractivity contribution in [3.63, 3.8) is 0 Å². The number of amides is 1. The molecule has 0 aliphatic carbocycles. The molecule has 1 N–H and O–H groups in total. The fraction of sp³-hybridized carbons (Fsp3) is 0.731. The summed E-state index contributed by atoms with van der Waals surface area (Å²) in [6, 6.07) is 4.04. The molecule has 0 fully saturated rings. The summed E-state index contributed by atoms with van der Waals surface area (Å²) in [6.45, 7) is 13.2. The van der Waals surface area contributed by atoms with Gasteiger partial charge in [0, 0.05) is 12.9 Å². The normalized spacial score (nSPS) is 12.6. The van der Waals surface area contributed by atoms with Gasteiger partial charge in [0.25, 0.3) is 5.91 Å². The van der Waals surface area contributed by atoms with Crippen LogP contribution in [0, 0.1) is 13.8 Å². The van der Waals surface area contributed by atoms with Crippen molar-refractivity contribution in [2.45, 2.75) is 98.6 Å². The van der Waals surface area contributed by atoms with Gasteiger partial charge in [-0.05, 0) is 62.8 Å². The Kier molecular flexibility index (Phi) is 12.6. The topological polar surface area (TPSA) is 38.3 Å². The lowest BCUT2D eigenvalue weighted by atomic mass is 10.1. The first-order valence-corrected chi connectivity index (χ1v) is 14.6. The number of aryl methyl sites for hydroxylation is 2. The molecule has 0 aliphatic rings. The first-order chi connectivity index (χ1) is 14.4. The molecule has 0 radical (unpaired) electrons. The van der Waals surface area contributed by atoms with Crippen LogP contribution in [0.2, 0.25) is 0 Å². The molecule has 1 aromatic carbocycles. The van der Waals surface area contributed by atoms with Crippen molar-refractivity contribution in [3.05, 3.63) is 23.3 Å². The van der Waals surface area contributed by atoms with E-state index in [0.29, 0.717) is 0 Å². The zero-order valence-electron chi connectivity index (χ0n) is 20.8. The molecular formula is C26H47NO2P+. The van der Waals surface area contributed by atoms with Crippen molar-refractivity contribution in [2.24, 2.45) is 0 Å². The molecule has 0 aromatic heterocycles. The number of carbonyl (C=O) groups excluding carboxylic acids is 1. The highest BCUT2D eigenvalue weighted by Crippen LogP contribution is 2.66. The summed E-state index contributed by atoms with van der Waals surface area (Å²) in [6.07, 6.45) is 13.4. The highest BCUT2D eigenvalue weighted by molar-refractivity contribution is 7.77. The van der Waals surface area contributed by atoms with E-state index in [4.69, 9.17) is 4.74 Å². The summed E-state index contributed by atoms with van der Waals surface area (Å²) in [5.41, 5.74) is 3.32. The molecule has 1 aromatic rings. The largest absolute Gasteiger partial charge is 0.497 e. The van der Waals surface area contributed by atoms with Crippen molar-refractivity contribution < 1.29 is 9.53 Å². The van der Waals surface area contributed by atoms with Crippen molar-refractivity contribution in [1.29, 1.82) is 0 Å². The van der Waals surface area contributed by atoms with Crippen molar-refractivity contribution in [1.82, 2.24) is 0 Å². The Bertz CT molecular complexity index is 599. The third kappa shape index (κ3) is 7.56. The second-order valence-corrected chi connectivity index (χ2v) is 13.3. The van der Waals surface area contributed by atoms with Crippen LogP contribution in [0.3, 0.4) is 0 Å². The van der Waals surface area contributed by atoms with Crippen LogP contribution in [0.25, 0.3) is 0 Å². The minimum Gasteiger partial charge on any atom is -0.497 e. The summed E-state index contributed by atoms with van der Waals surface area (Å²) in [5.74, 6) is 1.12. The second kappa shape index (κ2) is 14.1. The van der Waals surface area contributed by atoms with Gasteiger partial charge in [0.05, 0.1) is 25.6 Å². The molecule has 30 heavy (non-hydrogen) atoms. The van der Waals surface area contributed by atoms with Gasteiger partial charge < -0.3 is 10.1 Å². The average Bonchev–Trinajstić information content (AvgIpc) is 2.74. The van der Waals surface area contributed by atoms with Crippen LogP contribution < -0.4 is 10.1 Å². The Labute approximate surface area is 187 Å². The molecule has 1 amide bonds. The number of ether oxygens (including phenoxy) is 1. The van der Waals surface area contributed by atoms with Crippen LogP contribution in [0.5, 0.6) is 5.75 Å². The van der Waals surface area contributed by atoms with Gasteiger partial charge in [-0.3, -0.25) is 4.79 Å². The van der Waals surface area contributed by atoms with E-state index >= 15 is 0 Å². The van der Waals surface area contributed by atoms with Gasteiger partial charge >= 0.3 is 0 Å². The highest BCUT2D eigenvalue weighted by atomic mass is 31.2. The van der Waals surface area contributed by atoms with Gasteiger partial charge in [-0.25, -0.2) is 0 Å². The molecule has 172 valence electrons. The number of rotatable bonds is 15. The zero-order valence-corrected chi connectivity index (χ0v) is 21.7. The van der Waals surface area contributed by atoms with Gasteiger partial charge in [-0.1, -0.05) is 53.4 Å². The van der Waals surface area contributed by atoms with Gasteiger partial charge in [0.1, 0.15) is 11.4 Å². The highest BCUT2D eigenvalue weighted by Gasteiger charge is 2.47. The van der Waals surface area contributed by atoms with E-state index in [0.717, 1.165) is 35.4 Å². The SMILES string of the molecule is CCCC[P+](CCCC)(CCCC)C(CCC)C(=O)Nc1c(C)cc(OC)cc1C. The van der Waals surface area contributed by atoms with Crippen LogP contribution in [0.1, 0.15) is 90.2 Å². The summed E-state index contributed by atoms with van der Waals surface area (Å²) in [7, 11) is 0.344. The molecular weight excluding hydrogens is 389 g/mol. The third-order valence-electron chi connectivity index (χ3n) is 6.39. The van der Waals surface area contributed by atoms with Crippen LogP contribution in [-0.4, -0.2) is 37.2 Å². The molecule has 0 saturated carbocycles. The minimum absolute atomic E-state index is 0.188. The molecule has 1 unspecified atom stereocenters. The quantitative estimate of drug-likeness (QED) is 0.284. The Balaban J connectivity index is 3.28. The summed E-state index contributed by atoms with van der Waals surface area (Å²) < 4.78 is 5.40. The Morgan fingerprint density at radius 3 is 1.73 bits per heavy atom. The molecule has 0 saturated heterocycles. The number of anilines is 1. The lowest BCUT2D eigenvalue weighted by Crippen LogP contribution is -2.34. The molecule has 4 heteroatoms. The number of carbonyl (C=O) groups is 1. The van der Waals surface area contributed by atoms with Crippen molar-refractivity contribution >= 4 is 18.9 Å². The smallest absolute Gasteiger partial charge is 0.265 e. The molecule has 0 spiro atoms. The van der Waals surface area contributed by atoms with Crippen LogP contribution >= 0.6 is 7.26 Å². The van der Waals surface area contributed by atoms with Gasteiger partial charge in [-0.15, -0.1) is 0 Å². The number of unbranched alkanes of at least 4 members (excludes halogenated alkanes) is 3. The van der Waals surface area contributed by atoms with E-state index in [2.05, 4.69) is 46.9 Å². The maximum Gasteiger partial charge on any atom is 0.265 e. The van der Waals surface area contributed by atoms with E-state index in [1.54, 1.807) is 7.11 Å². The fourth-order valence-corrected chi connectivity index (χ4v) is 10.4. The van der Waals surface area contributed by atoms with Gasteiger partial charge in [0.15, 0.2) is 0 Å². The number of nitrogens with one attached hydrogen (secondary N) is 1. The maximum atomic E-state index is 13.8. The Morgan fingerprint density at radius 1 is 0.900 bits per heavy atom. The molecule has 0 heterocycles. The van der Waals surface area contributed by atoms with Gasteiger partial charge in [-0.2, -0.15) is 0 Å². The predicted molar refractivity (Wildman–Crippen MR) is 136 cm³/mol. The lowest BCUT2D eigenvalue weighted by Gasteiger charge is -2.35. The molecule has 1 rings (SSSR count). The third-order valence-corrected chi connectivity index (χ3v) is 11.8. The number of benzene rings is 1. The first kappa shape index (κ1) is 27.0. The number of hydrogen-bond acceptors (Lipinski definition) is 2. The molecule has 3 nitrogen and oxygen atoms in total. The van der Waals surface area contributed by atoms with E-state index < -0.39 is 7.26 Å². The average molecular weight is 437 g/mol. The number of methoxy groups -OCH3 is 1. The summed E-state index contributed by atoms with van der Waals surface area (Å²) >= 11 is 0. The Hall–Kier alpha value is -1.08. The molecule has 0 bridgehead atoms. The van der Waals surface area contributed by atoms with E-state index in [1.165, 1.54) is 57.0 Å². The molecule has 1 atom stereocenters. The second-order valence-electron chi connectivity index (χ2n) is 8.88.